The van der Waals surface area contributed by atoms with Crippen molar-refractivity contribution in [3.05, 3.63) is 63.6 Å². The predicted molar refractivity (Wildman–Crippen MR) is 78.3 cm³/mol. The van der Waals surface area contributed by atoms with Gasteiger partial charge in [-0.15, -0.1) is 13.2 Å². The van der Waals surface area contributed by atoms with E-state index in [2.05, 4.69) is 20.7 Å². The summed E-state index contributed by atoms with van der Waals surface area (Å²) in [7, 11) is 0. The SMILES string of the molecule is N[C@H](c1ccc(OC(F)(F)F)cc1)c1cc(C(F)(F)F)ccc1Br. The van der Waals surface area contributed by atoms with Gasteiger partial charge in [0.05, 0.1) is 11.6 Å². The van der Waals surface area contributed by atoms with Gasteiger partial charge in [-0.25, -0.2) is 0 Å². The first kappa shape index (κ1) is 18.6. The molecule has 0 aliphatic rings. The van der Waals surface area contributed by atoms with Crippen molar-refractivity contribution in [3.63, 3.8) is 0 Å². The number of ether oxygens (including phenoxy) is 1. The van der Waals surface area contributed by atoms with Crippen LogP contribution in [0, 0.1) is 0 Å². The van der Waals surface area contributed by atoms with Crippen LogP contribution in [0.3, 0.4) is 0 Å². The highest BCUT2D eigenvalue weighted by atomic mass is 79.9. The summed E-state index contributed by atoms with van der Waals surface area (Å²) >= 11 is 3.13. The largest absolute Gasteiger partial charge is 0.573 e. The van der Waals surface area contributed by atoms with Gasteiger partial charge in [-0.1, -0.05) is 28.1 Å². The topological polar surface area (TPSA) is 35.2 Å². The minimum atomic E-state index is -4.83. The van der Waals surface area contributed by atoms with Crippen LogP contribution in [0.25, 0.3) is 0 Å². The van der Waals surface area contributed by atoms with Gasteiger partial charge in [0.2, 0.25) is 0 Å². The minimum absolute atomic E-state index is 0.161. The van der Waals surface area contributed by atoms with Crippen molar-refractivity contribution in [2.75, 3.05) is 0 Å². The van der Waals surface area contributed by atoms with E-state index in [9.17, 15) is 26.3 Å². The number of rotatable bonds is 3. The van der Waals surface area contributed by atoms with Crippen molar-refractivity contribution < 1.29 is 31.1 Å². The van der Waals surface area contributed by atoms with Crippen molar-refractivity contribution in [2.45, 2.75) is 18.6 Å². The van der Waals surface area contributed by atoms with Crippen molar-refractivity contribution in [2.24, 2.45) is 5.73 Å². The van der Waals surface area contributed by atoms with E-state index < -0.39 is 29.9 Å². The lowest BCUT2D eigenvalue weighted by Gasteiger charge is -2.17. The van der Waals surface area contributed by atoms with E-state index >= 15 is 0 Å². The molecule has 0 aliphatic carbocycles. The Morgan fingerprint density at radius 3 is 2.00 bits per heavy atom. The van der Waals surface area contributed by atoms with E-state index in [0.29, 0.717) is 10.0 Å². The van der Waals surface area contributed by atoms with Crippen molar-refractivity contribution >= 4 is 15.9 Å². The molecule has 24 heavy (non-hydrogen) atoms. The van der Waals surface area contributed by atoms with Crippen LogP contribution in [0.1, 0.15) is 22.7 Å². The van der Waals surface area contributed by atoms with Gasteiger partial charge in [0.1, 0.15) is 5.75 Å². The fraction of sp³-hybridized carbons (Fsp3) is 0.200. The number of hydrogen-bond acceptors (Lipinski definition) is 2. The average molecular weight is 414 g/mol. The Hall–Kier alpha value is -1.74. The second kappa shape index (κ2) is 6.64. The monoisotopic (exact) mass is 413 g/mol. The van der Waals surface area contributed by atoms with E-state index in [1.807, 2.05) is 0 Å². The lowest BCUT2D eigenvalue weighted by atomic mass is 9.98. The number of hydrogen-bond donors (Lipinski definition) is 1. The zero-order chi connectivity index (χ0) is 18.1. The Morgan fingerprint density at radius 2 is 1.50 bits per heavy atom. The molecule has 9 heteroatoms. The molecule has 2 aromatic carbocycles. The Kier molecular flexibility index (Phi) is 5.14. The highest BCUT2D eigenvalue weighted by molar-refractivity contribution is 9.10. The zero-order valence-corrected chi connectivity index (χ0v) is 13.3. The van der Waals surface area contributed by atoms with Gasteiger partial charge >= 0.3 is 12.5 Å². The lowest BCUT2D eigenvalue weighted by molar-refractivity contribution is -0.274. The minimum Gasteiger partial charge on any atom is -0.406 e. The predicted octanol–water partition coefficient (Wildman–Crippen LogP) is 5.41. The maximum Gasteiger partial charge on any atom is 0.573 e. The van der Waals surface area contributed by atoms with Gasteiger partial charge in [0, 0.05) is 4.47 Å². The number of halogens is 7. The van der Waals surface area contributed by atoms with Gasteiger partial charge in [0.25, 0.3) is 0 Å². The molecule has 0 fully saturated rings. The summed E-state index contributed by atoms with van der Waals surface area (Å²) in [6, 6.07) is 6.68. The molecule has 0 heterocycles. The first-order chi connectivity index (χ1) is 11.0. The molecular formula is C15H10BrF6NO. The fourth-order valence-corrected chi connectivity index (χ4v) is 2.51. The molecule has 0 unspecified atom stereocenters. The molecule has 2 nitrogen and oxygen atoms in total. The summed E-state index contributed by atoms with van der Waals surface area (Å²) < 4.78 is 78.8. The van der Waals surface area contributed by atoms with Gasteiger partial charge in [0.15, 0.2) is 0 Å². The summed E-state index contributed by atoms with van der Waals surface area (Å²) in [5, 5.41) is 0. The van der Waals surface area contributed by atoms with Crippen molar-refractivity contribution in [1.82, 2.24) is 0 Å². The van der Waals surface area contributed by atoms with E-state index in [-0.39, 0.29) is 5.56 Å². The van der Waals surface area contributed by atoms with Gasteiger partial charge in [-0.3, -0.25) is 0 Å². The standard InChI is InChI=1S/C15H10BrF6NO/c16-12-6-3-9(14(17,18)19)7-11(12)13(23)8-1-4-10(5-2-8)24-15(20,21)22/h1-7,13H,23H2/t13-/m1/s1. The molecule has 1 atom stereocenters. The maximum absolute atomic E-state index is 12.8. The third kappa shape index (κ3) is 4.64. The molecule has 0 radical (unpaired) electrons. The molecule has 0 aromatic heterocycles. The van der Waals surface area contributed by atoms with E-state index in [1.54, 1.807) is 0 Å². The molecular weight excluding hydrogens is 404 g/mol. The summed E-state index contributed by atoms with van der Waals surface area (Å²) in [5.41, 5.74) is 5.58. The van der Waals surface area contributed by atoms with Crippen molar-refractivity contribution in [3.8, 4) is 5.75 Å². The highest BCUT2D eigenvalue weighted by Crippen LogP contribution is 2.35. The van der Waals surface area contributed by atoms with Crippen LogP contribution in [0.5, 0.6) is 5.75 Å². The van der Waals surface area contributed by atoms with Gasteiger partial charge in [-0.2, -0.15) is 13.2 Å². The van der Waals surface area contributed by atoms with Crippen LogP contribution in [0.4, 0.5) is 26.3 Å². The van der Waals surface area contributed by atoms with Crippen LogP contribution in [0.15, 0.2) is 46.9 Å². The molecule has 0 saturated heterocycles. The van der Waals surface area contributed by atoms with E-state index in [0.717, 1.165) is 24.3 Å². The van der Waals surface area contributed by atoms with Crippen LogP contribution < -0.4 is 10.5 Å². The van der Waals surface area contributed by atoms with Crippen LogP contribution in [-0.4, -0.2) is 6.36 Å². The first-order valence-corrected chi connectivity index (χ1v) is 7.24. The Bertz CT molecular complexity index is 711. The molecule has 130 valence electrons. The normalized spacial score (nSPS) is 13.7. The second-order valence-electron chi connectivity index (χ2n) is 4.83. The second-order valence-corrected chi connectivity index (χ2v) is 5.68. The van der Waals surface area contributed by atoms with Crippen molar-refractivity contribution in [1.29, 1.82) is 0 Å². The van der Waals surface area contributed by atoms with E-state index in [1.165, 1.54) is 18.2 Å². The number of alkyl halides is 6. The van der Waals surface area contributed by atoms with Gasteiger partial charge < -0.3 is 10.5 Å². The smallest absolute Gasteiger partial charge is 0.406 e. The molecule has 0 spiro atoms. The summed E-state index contributed by atoms with van der Waals surface area (Å²) in [6.07, 6.45) is -9.35. The molecule has 2 rings (SSSR count). The molecule has 2 aromatic rings. The number of nitrogens with two attached hydrogens (primary N) is 1. The van der Waals surface area contributed by atoms with Crippen LogP contribution in [-0.2, 0) is 6.18 Å². The molecule has 2 N–H and O–H groups in total. The van der Waals surface area contributed by atoms with E-state index in [4.69, 9.17) is 5.73 Å². The third-order valence-electron chi connectivity index (χ3n) is 3.13. The maximum atomic E-state index is 12.8. The molecule has 0 amide bonds. The Morgan fingerprint density at radius 1 is 0.917 bits per heavy atom. The molecule has 0 bridgehead atoms. The first-order valence-electron chi connectivity index (χ1n) is 6.45. The van der Waals surface area contributed by atoms with Crippen LogP contribution in [0.2, 0.25) is 0 Å². The highest BCUT2D eigenvalue weighted by Gasteiger charge is 2.32. The zero-order valence-electron chi connectivity index (χ0n) is 11.8. The average Bonchev–Trinajstić information content (AvgIpc) is 2.45. The summed E-state index contributed by atoms with van der Waals surface area (Å²) in [4.78, 5) is 0. The summed E-state index contributed by atoms with van der Waals surface area (Å²) in [5.74, 6) is -0.443. The molecule has 0 saturated carbocycles. The van der Waals surface area contributed by atoms with Gasteiger partial charge in [-0.05, 0) is 41.5 Å². The lowest BCUT2D eigenvalue weighted by Crippen LogP contribution is -2.17. The Balaban J connectivity index is 2.30. The summed E-state index contributed by atoms with van der Waals surface area (Å²) in [6.45, 7) is 0. The number of benzene rings is 2. The third-order valence-corrected chi connectivity index (χ3v) is 3.85. The quantitative estimate of drug-likeness (QED) is 0.682. The fourth-order valence-electron chi connectivity index (χ4n) is 2.01. The molecule has 0 aliphatic heterocycles. The van der Waals surface area contributed by atoms with Crippen LogP contribution >= 0.6 is 15.9 Å². The Labute approximate surface area is 141 Å².